The number of carbonyl (C=O) groups is 1. The minimum atomic E-state index is 0.0160. The van der Waals surface area contributed by atoms with Crippen LogP contribution in [-0.4, -0.2) is 26.4 Å². The molecule has 5 nitrogen and oxygen atoms in total. The molecule has 1 aromatic carbocycles. The molecule has 0 fully saturated rings. The molecule has 1 aromatic heterocycles. The maximum Gasteiger partial charge on any atom is 0.220 e. The zero-order chi connectivity index (χ0) is 18.8. The summed E-state index contributed by atoms with van der Waals surface area (Å²) >= 11 is 1.72. The standard InChI is InChI=1S/C20H28N4OS/c1-4-5-11-19(25)21-14-18-22-23-20(24(18)15-16(2)3)26-13-12-17-9-7-6-8-10-17/h4,6-10,16H,1,5,11-15H2,2-3H3,(H,21,25). The van der Waals surface area contributed by atoms with Crippen LogP contribution in [0, 0.1) is 5.92 Å². The van der Waals surface area contributed by atoms with Crippen LogP contribution in [0.5, 0.6) is 0 Å². The monoisotopic (exact) mass is 372 g/mol. The number of benzene rings is 1. The third kappa shape index (κ3) is 6.67. The van der Waals surface area contributed by atoms with Crippen molar-refractivity contribution in [3.05, 3.63) is 54.4 Å². The highest BCUT2D eigenvalue weighted by atomic mass is 32.2. The van der Waals surface area contributed by atoms with Gasteiger partial charge in [-0.15, -0.1) is 16.8 Å². The van der Waals surface area contributed by atoms with Crippen molar-refractivity contribution in [1.29, 1.82) is 0 Å². The van der Waals surface area contributed by atoms with Crippen molar-refractivity contribution >= 4 is 17.7 Å². The maximum atomic E-state index is 11.8. The molecule has 1 amide bonds. The molecule has 0 aliphatic heterocycles. The molecule has 0 aliphatic rings. The fraction of sp³-hybridized carbons (Fsp3) is 0.450. The Morgan fingerprint density at radius 3 is 2.77 bits per heavy atom. The molecule has 0 spiro atoms. The highest BCUT2D eigenvalue weighted by molar-refractivity contribution is 7.99. The Morgan fingerprint density at radius 2 is 2.08 bits per heavy atom. The van der Waals surface area contributed by atoms with E-state index in [1.54, 1.807) is 17.8 Å². The zero-order valence-corrected chi connectivity index (χ0v) is 16.5. The lowest BCUT2D eigenvalue weighted by molar-refractivity contribution is -0.121. The van der Waals surface area contributed by atoms with E-state index in [0.29, 0.717) is 25.3 Å². The summed E-state index contributed by atoms with van der Waals surface area (Å²) in [5.41, 5.74) is 1.32. The smallest absolute Gasteiger partial charge is 0.220 e. The van der Waals surface area contributed by atoms with Gasteiger partial charge < -0.3 is 9.88 Å². The van der Waals surface area contributed by atoms with E-state index in [2.05, 4.69) is 64.8 Å². The first kappa shape index (κ1) is 20.2. The lowest BCUT2D eigenvalue weighted by Crippen LogP contribution is -2.25. The number of aromatic nitrogens is 3. The van der Waals surface area contributed by atoms with Crippen LogP contribution in [0.15, 0.2) is 48.1 Å². The zero-order valence-electron chi connectivity index (χ0n) is 15.6. The molecule has 140 valence electrons. The predicted molar refractivity (Wildman–Crippen MR) is 107 cm³/mol. The minimum absolute atomic E-state index is 0.0160. The number of thioether (sulfide) groups is 1. The summed E-state index contributed by atoms with van der Waals surface area (Å²) in [7, 11) is 0. The topological polar surface area (TPSA) is 59.8 Å². The van der Waals surface area contributed by atoms with E-state index in [4.69, 9.17) is 0 Å². The number of allylic oxidation sites excluding steroid dienone is 1. The van der Waals surface area contributed by atoms with Crippen molar-refractivity contribution in [1.82, 2.24) is 20.1 Å². The Hall–Kier alpha value is -2.08. The first-order valence-corrected chi connectivity index (χ1v) is 10.0. The van der Waals surface area contributed by atoms with Gasteiger partial charge in [0.15, 0.2) is 11.0 Å². The lowest BCUT2D eigenvalue weighted by atomic mass is 10.2. The molecule has 0 saturated heterocycles. The average molecular weight is 373 g/mol. The van der Waals surface area contributed by atoms with E-state index in [1.165, 1.54) is 5.56 Å². The number of nitrogens with one attached hydrogen (secondary N) is 1. The molecule has 0 saturated carbocycles. The molecule has 0 unspecified atom stereocenters. The molecule has 6 heteroatoms. The van der Waals surface area contributed by atoms with Crippen LogP contribution in [0.1, 0.15) is 38.1 Å². The molecule has 26 heavy (non-hydrogen) atoms. The normalized spacial score (nSPS) is 10.9. The second-order valence-electron chi connectivity index (χ2n) is 6.59. The van der Waals surface area contributed by atoms with Gasteiger partial charge in [-0.05, 0) is 24.3 Å². The minimum Gasteiger partial charge on any atom is -0.349 e. The van der Waals surface area contributed by atoms with E-state index >= 15 is 0 Å². The summed E-state index contributed by atoms with van der Waals surface area (Å²) in [5, 5.41) is 12.5. The first-order chi connectivity index (χ1) is 12.6. The Morgan fingerprint density at radius 1 is 1.31 bits per heavy atom. The first-order valence-electron chi connectivity index (χ1n) is 9.06. The summed E-state index contributed by atoms with van der Waals surface area (Å²) in [6, 6.07) is 10.4. The van der Waals surface area contributed by atoms with Crippen LogP contribution in [0.3, 0.4) is 0 Å². The second-order valence-corrected chi connectivity index (χ2v) is 7.65. The van der Waals surface area contributed by atoms with Crippen molar-refractivity contribution in [2.24, 2.45) is 5.92 Å². The summed E-state index contributed by atoms with van der Waals surface area (Å²) < 4.78 is 2.13. The Bertz CT molecular complexity index is 697. The highest BCUT2D eigenvalue weighted by Crippen LogP contribution is 2.20. The fourth-order valence-corrected chi connectivity index (χ4v) is 3.46. The molecule has 2 rings (SSSR count). The molecule has 0 radical (unpaired) electrons. The van der Waals surface area contributed by atoms with Gasteiger partial charge in [-0.25, -0.2) is 0 Å². The molecular formula is C20H28N4OS. The van der Waals surface area contributed by atoms with E-state index in [1.807, 2.05) is 6.07 Å². The third-order valence-corrected chi connectivity index (χ3v) is 4.79. The summed E-state index contributed by atoms with van der Waals surface area (Å²) in [6.07, 6.45) is 3.89. The number of nitrogens with zero attached hydrogens (tertiary/aromatic N) is 3. The van der Waals surface area contributed by atoms with Crippen molar-refractivity contribution < 1.29 is 4.79 Å². The number of amides is 1. The molecular weight excluding hydrogens is 344 g/mol. The number of hydrogen-bond acceptors (Lipinski definition) is 4. The third-order valence-electron chi connectivity index (χ3n) is 3.83. The van der Waals surface area contributed by atoms with Crippen LogP contribution in [0.2, 0.25) is 0 Å². The van der Waals surface area contributed by atoms with Crippen LogP contribution in [-0.2, 0) is 24.3 Å². The fourth-order valence-electron chi connectivity index (χ4n) is 2.51. The predicted octanol–water partition coefficient (Wildman–Crippen LogP) is 3.85. The van der Waals surface area contributed by atoms with Crippen LogP contribution in [0.25, 0.3) is 0 Å². The molecule has 0 atom stereocenters. The van der Waals surface area contributed by atoms with E-state index < -0.39 is 0 Å². The molecule has 1 N–H and O–H groups in total. The van der Waals surface area contributed by atoms with Gasteiger partial charge in [-0.1, -0.05) is 62.0 Å². The van der Waals surface area contributed by atoms with Gasteiger partial charge in [0.25, 0.3) is 0 Å². The summed E-state index contributed by atoms with van der Waals surface area (Å²) in [6.45, 7) is 9.24. The van der Waals surface area contributed by atoms with Gasteiger partial charge in [0, 0.05) is 18.7 Å². The van der Waals surface area contributed by atoms with Crippen LogP contribution < -0.4 is 5.32 Å². The number of rotatable bonds is 11. The lowest BCUT2D eigenvalue weighted by Gasteiger charge is -2.13. The molecule has 0 bridgehead atoms. The van der Waals surface area contributed by atoms with Gasteiger partial charge in [0.05, 0.1) is 6.54 Å². The van der Waals surface area contributed by atoms with Gasteiger partial charge >= 0.3 is 0 Å². The molecule has 2 aromatic rings. The van der Waals surface area contributed by atoms with Gasteiger partial charge in [-0.2, -0.15) is 0 Å². The Balaban J connectivity index is 1.96. The van der Waals surface area contributed by atoms with E-state index in [9.17, 15) is 4.79 Å². The van der Waals surface area contributed by atoms with E-state index in [-0.39, 0.29) is 5.91 Å². The summed E-state index contributed by atoms with van der Waals surface area (Å²) in [5.74, 6) is 2.26. The van der Waals surface area contributed by atoms with Gasteiger partial charge in [0.1, 0.15) is 0 Å². The molecule has 0 aliphatic carbocycles. The van der Waals surface area contributed by atoms with Crippen molar-refractivity contribution in [2.75, 3.05) is 5.75 Å². The maximum absolute atomic E-state index is 11.8. The number of carbonyl (C=O) groups excluding carboxylic acids is 1. The largest absolute Gasteiger partial charge is 0.349 e. The van der Waals surface area contributed by atoms with Gasteiger partial charge in [0.2, 0.25) is 5.91 Å². The van der Waals surface area contributed by atoms with Crippen LogP contribution >= 0.6 is 11.8 Å². The van der Waals surface area contributed by atoms with E-state index in [0.717, 1.165) is 29.7 Å². The average Bonchev–Trinajstić information content (AvgIpc) is 3.00. The highest BCUT2D eigenvalue weighted by Gasteiger charge is 2.14. The molecule has 1 heterocycles. The van der Waals surface area contributed by atoms with Gasteiger partial charge in [-0.3, -0.25) is 4.79 Å². The van der Waals surface area contributed by atoms with Crippen molar-refractivity contribution in [2.45, 2.75) is 51.4 Å². The second kappa shape index (κ2) is 10.8. The Labute approximate surface area is 160 Å². The summed E-state index contributed by atoms with van der Waals surface area (Å²) in [4.78, 5) is 11.8. The Kier molecular flexibility index (Phi) is 8.41. The quantitative estimate of drug-likeness (QED) is 0.481. The SMILES string of the molecule is C=CCCC(=O)NCc1nnc(SCCc2ccccc2)n1CC(C)C. The number of hydrogen-bond donors (Lipinski definition) is 1. The number of aryl methyl sites for hydroxylation is 1. The van der Waals surface area contributed by atoms with Crippen molar-refractivity contribution in [3.63, 3.8) is 0 Å². The van der Waals surface area contributed by atoms with Crippen LogP contribution in [0.4, 0.5) is 0 Å². The van der Waals surface area contributed by atoms with Crippen molar-refractivity contribution in [3.8, 4) is 0 Å².